The van der Waals surface area contributed by atoms with Crippen LogP contribution in [0.25, 0.3) is 21.7 Å². The number of nitrogens with zero attached hydrogens (tertiary/aromatic N) is 4. The van der Waals surface area contributed by atoms with Crippen molar-refractivity contribution in [2.45, 2.75) is 45.7 Å². The van der Waals surface area contributed by atoms with Gasteiger partial charge in [0.05, 0.1) is 5.52 Å². The second kappa shape index (κ2) is 9.07. The topological polar surface area (TPSA) is 102 Å². The maximum atomic E-state index is 6.09. The lowest BCUT2D eigenvalue weighted by Gasteiger charge is -2.15. The largest absolute Gasteiger partial charge is 0.383 e. The van der Waals surface area contributed by atoms with Crippen molar-refractivity contribution >= 4 is 39.1 Å². The number of hydrogen-bond acceptors (Lipinski definition) is 7. The SMILES string of the molecule is Cc1cc2c(N)nccc2c(C)c1CNc1cc(NCc2ccc3ncc(C4CC4)cc3c2)ncn1. The summed E-state index contributed by atoms with van der Waals surface area (Å²) in [6, 6.07) is 14.8. The number of benzene rings is 2. The first-order chi connectivity index (χ1) is 17.5. The van der Waals surface area contributed by atoms with Crippen molar-refractivity contribution in [1.82, 2.24) is 19.9 Å². The van der Waals surface area contributed by atoms with Gasteiger partial charge in [0.2, 0.25) is 0 Å². The van der Waals surface area contributed by atoms with Crippen molar-refractivity contribution in [3.05, 3.63) is 89.0 Å². The van der Waals surface area contributed by atoms with Crippen LogP contribution in [-0.2, 0) is 13.1 Å². The second-order valence-electron chi connectivity index (χ2n) is 9.65. The fourth-order valence-electron chi connectivity index (χ4n) is 4.87. The van der Waals surface area contributed by atoms with E-state index in [1.165, 1.54) is 46.0 Å². The van der Waals surface area contributed by atoms with E-state index in [9.17, 15) is 0 Å². The molecule has 180 valence electrons. The van der Waals surface area contributed by atoms with Crippen LogP contribution in [0.3, 0.4) is 0 Å². The molecule has 0 unspecified atom stereocenters. The number of nitrogens with two attached hydrogens (primary N) is 1. The third-order valence-electron chi connectivity index (χ3n) is 7.12. The van der Waals surface area contributed by atoms with Crippen LogP contribution >= 0.6 is 0 Å². The summed E-state index contributed by atoms with van der Waals surface area (Å²) in [5.41, 5.74) is 13.3. The Morgan fingerprint density at radius 1 is 0.861 bits per heavy atom. The van der Waals surface area contributed by atoms with Gasteiger partial charge in [-0.05, 0) is 96.1 Å². The molecule has 5 aromatic rings. The number of anilines is 3. The highest BCUT2D eigenvalue weighted by Crippen LogP contribution is 2.40. The Kier molecular flexibility index (Phi) is 5.60. The minimum atomic E-state index is 0.566. The first-order valence-electron chi connectivity index (χ1n) is 12.4. The van der Waals surface area contributed by atoms with E-state index >= 15 is 0 Å². The van der Waals surface area contributed by atoms with Gasteiger partial charge in [0, 0.05) is 42.3 Å². The molecule has 7 nitrogen and oxygen atoms in total. The minimum Gasteiger partial charge on any atom is -0.383 e. The fourth-order valence-corrected chi connectivity index (χ4v) is 4.87. The molecule has 4 N–H and O–H groups in total. The van der Waals surface area contributed by atoms with Gasteiger partial charge >= 0.3 is 0 Å². The number of nitrogen functional groups attached to an aromatic ring is 1. The van der Waals surface area contributed by atoms with Gasteiger partial charge in [-0.3, -0.25) is 4.98 Å². The fraction of sp³-hybridized carbons (Fsp3) is 0.241. The van der Waals surface area contributed by atoms with E-state index in [0.29, 0.717) is 24.8 Å². The van der Waals surface area contributed by atoms with Crippen LogP contribution in [0.15, 0.2) is 61.2 Å². The van der Waals surface area contributed by atoms with Crippen LogP contribution in [0.1, 0.15) is 46.6 Å². The van der Waals surface area contributed by atoms with Crippen LogP contribution in [0.5, 0.6) is 0 Å². The third kappa shape index (κ3) is 4.40. The number of hydrogen-bond donors (Lipinski definition) is 3. The zero-order valence-corrected chi connectivity index (χ0v) is 20.5. The quantitative estimate of drug-likeness (QED) is 0.270. The molecule has 1 fully saturated rings. The van der Waals surface area contributed by atoms with Gasteiger partial charge in [-0.1, -0.05) is 6.07 Å². The monoisotopic (exact) mass is 475 g/mol. The number of nitrogens with one attached hydrogen (secondary N) is 2. The van der Waals surface area contributed by atoms with E-state index in [2.05, 4.69) is 74.7 Å². The zero-order chi connectivity index (χ0) is 24.6. The van der Waals surface area contributed by atoms with Gasteiger partial charge in [-0.15, -0.1) is 0 Å². The molecule has 1 aliphatic rings. The van der Waals surface area contributed by atoms with Gasteiger partial charge in [-0.25, -0.2) is 15.0 Å². The average Bonchev–Trinajstić information content (AvgIpc) is 3.74. The van der Waals surface area contributed by atoms with E-state index in [1.807, 2.05) is 18.3 Å². The number of fused-ring (bicyclic) bond motifs is 2. The predicted molar refractivity (Wildman–Crippen MR) is 146 cm³/mol. The second-order valence-corrected chi connectivity index (χ2v) is 9.65. The molecule has 1 saturated carbocycles. The molecule has 1 aliphatic carbocycles. The average molecular weight is 476 g/mol. The van der Waals surface area contributed by atoms with E-state index in [4.69, 9.17) is 5.73 Å². The Hall–Kier alpha value is -4.26. The van der Waals surface area contributed by atoms with E-state index < -0.39 is 0 Å². The molecule has 36 heavy (non-hydrogen) atoms. The molecule has 0 spiro atoms. The molecular weight excluding hydrogens is 446 g/mol. The van der Waals surface area contributed by atoms with Crippen molar-refractivity contribution < 1.29 is 0 Å². The van der Waals surface area contributed by atoms with Crippen molar-refractivity contribution in [3.63, 3.8) is 0 Å². The normalized spacial score (nSPS) is 13.3. The molecule has 7 heteroatoms. The van der Waals surface area contributed by atoms with Gasteiger partial charge in [0.25, 0.3) is 0 Å². The predicted octanol–water partition coefficient (Wildman–Crippen LogP) is 5.87. The first kappa shape index (κ1) is 22.2. The summed E-state index contributed by atoms with van der Waals surface area (Å²) in [4.78, 5) is 17.7. The number of pyridine rings is 2. The Balaban J connectivity index is 1.15. The molecule has 0 amide bonds. The first-order valence-corrected chi connectivity index (χ1v) is 12.4. The van der Waals surface area contributed by atoms with Gasteiger partial charge in [0.1, 0.15) is 23.8 Å². The molecule has 3 heterocycles. The molecule has 0 radical (unpaired) electrons. The third-order valence-corrected chi connectivity index (χ3v) is 7.12. The van der Waals surface area contributed by atoms with Crippen LogP contribution in [-0.4, -0.2) is 19.9 Å². The summed E-state index contributed by atoms with van der Waals surface area (Å²) < 4.78 is 0. The van der Waals surface area contributed by atoms with Gasteiger partial charge in [-0.2, -0.15) is 0 Å². The Labute approximate surface area is 210 Å². The highest BCUT2D eigenvalue weighted by atomic mass is 15.1. The highest BCUT2D eigenvalue weighted by molar-refractivity contribution is 5.94. The molecule has 0 bridgehead atoms. The van der Waals surface area contributed by atoms with Crippen molar-refractivity contribution in [1.29, 1.82) is 0 Å². The molecule has 3 aromatic heterocycles. The molecule has 0 saturated heterocycles. The summed E-state index contributed by atoms with van der Waals surface area (Å²) >= 11 is 0. The number of aromatic nitrogens is 4. The van der Waals surface area contributed by atoms with Crippen molar-refractivity contribution in [2.24, 2.45) is 0 Å². The highest BCUT2D eigenvalue weighted by Gasteiger charge is 2.23. The van der Waals surface area contributed by atoms with Crippen LogP contribution in [0.4, 0.5) is 17.5 Å². The lowest BCUT2D eigenvalue weighted by molar-refractivity contribution is 1.04. The number of rotatable bonds is 7. The lowest BCUT2D eigenvalue weighted by Crippen LogP contribution is -2.08. The van der Waals surface area contributed by atoms with Gasteiger partial charge < -0.3 is 16.4 Å². The minimum absolute atomic E-state index is 0.566. The standard InChI is InChI=1S/C29H29N7/c1-17-9-24-23(7-8-31-29(24)30)18(2)25(17)15-34-28-12-27(35-16-36-28)33-13-19-3-6-26-21(10-19)11-22(14-32-26)20-4-5-20/h3,6-12,14,16,20H,4-5,13,15H2,1-2H3,(H2,30,31)(H2,33,34,35,36). The summed E-state index contributed by atoms with van der Waals surface area (Å²) in [5.74, 6) is 2.82. The molecular formula is C29H29N7. The maximum Gasteiger partial charge on any atom is 0.131 e. The Morgan fingerprint density at radius 3 is 2.47 bits per heavy atom. The van der Waals surface area contributed by atoms with Crippen LogP contribution in [0, 0.1) is 13.8 Å². The molecule has 6 rings (SSSR count). The number of aryl methyl sites for hydroxylation is 2. The van der Waals surface area contributed by atoms with Gasteiger partial charge in [0.15, 0.2) is 0 Å². The lowest BCUT2D eigenvalue weighted by atomic mass is 9.96. The van der Waals surface area contributed by atoms with Crippen LogP contribution < -0.4 is 16.4 Å². The summed E-state index contributed by atoms with van der Waals surface area (Å²) in [7, 11) is 0. The van der Waals surface area contributed by atoms with E-state index in [0.717, 1.165) is 27.9 Å². The van der Waals surface area contributed by atoms with Crippen LogP contribution in [0.2, 0.25) is 0 Å². The molecule has 2 aromatic carbocycles. The Morgan fingerprint density at radius 2 is 1.67 bits per heavy atom. The van der Waals surface area contributed by atoms with Crippen molar-refractivity contribution in [2.75, 3.05) is 16.4 Å². The Bertz CT molecular complexity index is 1590. The molecule has 0 atom stereocenters. The van der Waals surface area contributed by atoms with E-state index in [-0.39, 0.29) is 0 Å². The van der Waals surface area contributed by atoms with Crippen molar-refractivity contribution in [3.8, 4) is 0 Å². The summed E-state index contributed by atoms with van der Waals surface area (Å²) in [6.45, 7) is 5.58. The maximum absolute atomic E-state index is 6.09. The zero-order valence-electron chi connectivity index (χ0n) is 20.5. The smallest absolute Gasteiger partial charge is 0.131 e. The summed E-state index contributed by atoms with van der Waals surface area (Å²) in [6.07, 6.45) is 7.94. The summed E-state index contributed by atoms with van der Waals surface area (Å²) in [5, 5.41) is 10.2. The molecule has 0 aliphatic heterocycles. The van der Waals surface area contributed by atoms with E-state index in [1.54, 1.807) is 12.5 Å².